The Labute approximate surface area is 164 Å². The van der Waals surface area contributed by atoms with Crippen LogP contribution in [0.1, 0.15) is 48.8 Å². The highest BCUT2D eigenvalue weighted by atomic mass is 16.1. The lowest BCUT2D eigenvalue weighted by atomic mass is 9.62. The molecule has 2 aliphatic carbocycles. The van der Waals surface area contributed by atoms with Gasteiger partial charge in [-0.05, 0) is 30.4 Å². The number of rotatable bonds is 2. The molecule has 0 N–H and O–H groups in total. The number of aromatic nitrogens is 2. The van der Waals surface area contributed by atoms with Crippen molar-refractivity contribution in [2.75, 3.05) is 0 Å². The zero-order valence-corrected chi connectivity index (χ0v) is 15.8. The first-order chi connectivity index (χ1) is 13.8. The first-order valence-corrected chi connectivity index (χ1v) is 10.1. The van der Waals surface area contributed by atoms with Crippen LogP contribution in [0.15, 0.2) is 70.8 Å². The van der Waals surface area contributed by atoms with E-state index in [2.05, 4.69) is 23.3 Å². The fraction of sp³-hybridized carbons (Fsp3) is 0.292. The Hall–Kier alpha value is -3.01. The molecule has 1 saturated carbocycles. The Balaban J connectivity index is 1.67. The van der Waals surface area contributed by atoms with Crippen molar-refractivity contribution in [3.05, 3.63) is 88.0 Å². The van der Waals surface area contributed by atoms with Gasteiger partial charge in [0.05, 0.1) is 17.5 Å². The van der Waals surface area contributed by atoms with E-state index in [1.54, 1.807) is 12.5 Å². The predicted molar refractivity (Wildman–Crippen MR) is 112 cm³/mol. The fourth-order valence-corrected chi connectivity index (χ4v) is 4.89. The van der Waals surface area contributed by atoms with E-state index in [0.29, 0.717) is 0 Å². The van der Waals surface area contributed by atoms with Gasteiger partial charge in [0.25, 0.3) is 5.56 Å². The van der Waals surface area contributed by atoms with Crippen molar-refractivity contribution in [3.8, 4) is 11.3 Å². The Morgan fingerprint density at radius 2 is 1.71 bits per heavy atom. The number of hydrogen-bond acceptors (Lipinski definition) is 3. The molecule has 0 aliphatic heterocycles. The maximum Gasteiger partial charge on any atom is 0.278 e. The highest BCUT2D eigenvalue weighted by molar-refractivity contribution is 5.79. The fourth-order valence-electron chi connectivity index (χ4n) is 4.89. The second kappa shape index (κ2) is 6.86. The number of benzene rings is 2. The van der Waals surface area contributed by atoms with Crippen molar-refractivity contribution in [2.45, 2.75) is 43.9 Å². The molecule has 2 aromatic carbocycles. The molecular weight excluding hydrogens is 346 g/mol. The zero-order chi connectivity index (χ0) is 19.0. The van der Waals surface area contributed by atoms with Crippen molar-refractivity contribution in [3.63, 3.8) is 0 Å². The van der Waals surface area contributed by atoms with Gasteiger partial charge in [-0.2, -0.15) is 9.78 Å². The third-order valence-corrected chi connectivity index (χ3v) is 6.23. The van der Waals surface area contributed by atoms with Crippen LogP contribution in [0.4, 0.5) is 0 Å². The molecule has 0 saturated heterocycles. The number of hydrogen-bond donors (Lipinski definition) is 0. The molecule has 1 aromatic heterocycles. The molecular formula is C24H23N3O. The molecule has 140 valence electrons. The van der Waals surface area contributed by atoms with Crippen molar-refractivity contribution < 1.29 is 0 Å². The molecule has 0 radical (unpaired) electrons. The molecule has 0 atom stereocenters. The van der Waals surface area contributed by atoms with Gasteiger partial charge < -0.3 is 0 Å². The largest absolute Gasteiger partial charge is 0.278 e. The van der Waals surface area contributed by atoms with E-state index in [1.165, 1.54) is 29.5 Å². The van der Waals surface area contributed by atoms with E-state index in [-0.39, 0.29) is 11.0 Å². The zero-order valence-electron chi connectivity index (χ0n) is 15.8. The van der Waals surface area contributed by atoms with Crippen molar-refractivity contribution in [1.29, 1.82) is 0 Å². The standard InChI is InChI=1S/C24H23N3O/c28-23-21-22(25-17-27(23)26-16-18-9-3-1-4-10-18)20-12-6-5-11-19(20)15-24(21)13-7-2-8-14-24/h1,3-6,9-12,16-17H,2,7-8,13-15H2. The van der Waals surface area contributed by atoms with Gasteiger partial charge in [-0.3, -0.25) is 4.79 Å². The van der Waals surface area contributed by atoms with Gasteiger partial charge in [0.15, 0.2) is 0 Å². The van der Waals surface area contributed by atoms with Gasteiger partial charge in [-0.1, -0.05) is 73.9 Å². The topological polar surface area (TPSA) is 47.2 Å². The van der Waals surface area contributed by atoms with Crippen molar-refractivity contribution in [1.82, 2.24) is 9.66 Å². The summed E-state index contributed by atoms with van der Waals surface area (Å²) in [6.45, 7) is 0. The van der Waals surface area contributed by atoms with Gasteiger partial charge in [-0.15, -0.1) is 0 Å². The maximum atomic E-state index is 13.5. The average Bonchev–Trinajstić information content (AvgIpc) is 2.74. The minimum atomic E-state index is -0.0999. The van der Waals surface area contributed by atoms with E-state index in [1.807, 2.05) is 36.4 Å². The lowest BCUT2D eigenvalue weighted by Crippen LogP contribution is -2.42. The number of fused-ring (bicyclic) bond motifs is 4. The molecule has 2 aliphatic rings. The van der Waals surface area contributed by atoms with Crippen LogP contribution in [0.2, 0.25) is 0 Å². The van der Waals surface area contributed by atoms with E-state index < -0.39 is 0 Å². The SMILES string of the molecule is O=c1c2c(ncn1N=Cc1ccccc1)-c1ccccc1CC21CCCCC1. The molecule has 4 heteroatoms. The summed E-state index contributed by atoms with van der Waals surface area (Å²) in [6, 6.07) is 18.2. The Morgan fingerprint density at radius 1 is 0.964 bits per heavy atom. The molecule has 1 fully saturated rings. The molecule has 3 aromatic rings. The van der Waals surface area contributed by atoms with Gasteiger partial charge in [0.2, 0.25) is 0 Å². The van der Waals surface area contributed by atoms with Crippen LogP contribution in [-0.4, -0.2) is 15.9 Å². The summed E-state index contributed by atoms with van der Waals surface area (Å²) in [5, 5.41) is 4.43. The molecule has 5 rings (SSSR count). The lowest BCUT2D eigenvalue weighted by molar-refractivity contribution is 0.283. The third-order valence-electron chi connectivity index (χ3n) is 6.23. The highest BCUT2D eigenvalue weighted by Gasteiger charge is 2.42. The molecule has 1 spiro atoms. The summed E-state index contributed by atoms with van der Waals surface area (Å²) >= 11 is 0. The summed E-state index contributed by atoms with van der Waals surface area (Å²) < 4.78 is 1.41. The van der Waals surface area contributed by atoms with Gasteiger partial charge in [0, 0.05) is 11.0 Å². The molecule has 1 heterocycles. The van der Waals surface area contributed by atoms with Crippen LogP contribution in [0.5, 0.6) is 0 Å². The summed E-state index contributed by atoms with van der Waals surface area (Å²) in [5.74, 6) is 0. The smallest absolute Gasteiger partial charge is 0.267 e. The van der Waals surface area contributed by atoms with E-state index in [9.17, 15) is 4.79 Å². The number of nitrogens with zero attached hydrogens (tertiary/aromatic N) is 3. The van der Waals surface area contributed by atoms with Crippen LogP contribution in [0.25, 0.3) is 11.3 Å². The molecule has 0 bridgehead atoms. The second-order valence-corrected chi connectivity index (χ2v) is 7.95. The van der Waals surface area contributed by atoms with E-state index in [4.69, 9.17) is 4.98 Å². The first-order valence-electron chi connectivity index (χ1n) is 10.1. The van der Waals surface area contributed by atoms with Gasteiger partial charge in [-0.25, -0.2) is 4.98 Å². The summed E-state index contributed by atoms with van der Waals surface area (Å²) in [6.07, 6.45) is 9.92. The molecule has 0 unspecified atom stereocenters. The maximum absolute atomic E-state index is 13.5. The first kappa shape index (κ1) is 17.1. The average molecular weight is 369 g/mol. The summed E-state index contributed by atoms with van der Waals surface area (Å²) in [4.78, 5) is 18.3. The Kier molecular flexibility index (Phi) is 4.19. The van der Waals surface area contributed by atoms with Crippen LogP contribution in [0.3, 0.4) is 0 Å². The van der Waals surface area contributed by atoms with Crippen LogP contribution < -0.4 is 5.56 Å². The van der Waals surface area contributed by atoms with Crippen molar-refractivity contribution in [2.24, 2.45) is 5.10 Å². The summed E-state index contributed by atoms with van der Waals surface area (Å²) in [5.41, 5.74) is 4.99. The van der Waals surface area contributed by atoms with E-state index >= 15 is 0 Å². The quantitative estimate of drug-likeness (QED) is 0.622. The van der Waals surface area contributed by atoms with Crippen LogP contribution in [0, 0.1) is 0 Å². The highest BCUT2D eigenvalue weighted by Crippen LogP contribution is 2.48. The van der Waals surface area contributed by atoms with E-state index in [0.717, 1.165) is 41.6 Å². The molecule has 28 heavy (non-hydrogen) atoms. The lowest BCUT2D eigenvalue weighted by Gasteiger charge is -2.41. The second-order valence-electron chi connectivity index (χ2n) is 7.95. The Bertz CT molecular complexity index is 1090. The minimum Gasteiger partial charge on any atom is -0.267 e. The summed E-state index contributed by atoms with van der Waals surface area (Å²) in [7, 11) is 0. The molecule has 0 amide bonds. The Morgan fingerprint density at radius 3 is 2.54 bits per heavy atom. The predicted octanol–water partition coefficient (Wildman–Crippen LogP) is 4.55. The normalized spacial score (nSPS) is 17.4. The van der Waals surface area contributed by atoms with Crippen molar-refractivity contribution >= 4 is 6.21 Å². The van der Waals surface area contributed by atoms with Gasteiger partial charge in [0.1, 0.15) is 6.33 Å². The minimum absolute atomic E-state index is 0.0198. The van der Waals surface area contributed by atoms with Crippen LogP contribution in [-0.2, 0) is 11.8 Å². The van der Waals surface area contributed by atoms with Gasteiger partial charge >= 0.3 is 0 Å². The molecule has 4 nitrogen and oxygen atoms in total. The third kappa shape index (κ3) is 2.80. The monoisotopic (exact) mass is 369 g/mol. The van der Waals surface area contributed by atoms with Crippen LogP contribution >= 0.6 is 0 Å².